The second-order valence-electron chi connectivity index (χ2n) is 8.18. The number of sulfone groups is 1. The maximum atomic E-state index is 14.4. The third-order valence-electron chi connectivity index (χ3n) is 6.11. The average Bonchev–Trinajstić information content (AvgIpc) is 3.24. The zero-order valence-electron chi connectivity index (χ0n) is 20.0. The van der Waals surface area contributed by atoms with E-state index in [1.807, 2.05) is 0 Å². The summed E-state index contributed by atoms with van der Waals surface area (Å²) in [6.07, 6.45) is 2.74. The Morgan fingerprint density at radius 2 is 1.72 bits per heavy atom. The third-order valence-corrected chi connectivity index (χ3v) is 8.35. The second kappa shape index (κ2) is 10.6. The lowest BCUT2D eigenvalue weighted by Crippen LogP contribution is -2.31. The SMILES string of the molecule is COc1ncnc(OC)c1-n1c(CS(=O)(=O)[C@@H](C)[C@H](OC)c2ncc(Cl)cn2)nnc1[C@@H]1CC[C@@H]1F. The number of methoxy groups -OCH3 is 3. The molecule has 0 aromatic carbocycles. The molecule has 15 heteroatoms. The van der Waals surface area contributed by atoms with Gasteiger partial charge >= 0.3 is 0 Å². The van der Waals surface area contributed by atoms with Crippen molar-refractivity contribution in [3.05, 3.63) is 41.2 Å². The molecule has 3 aromatic heterocycles. The summed E-state index contributed by atoms with van der Waals surface area (Å²) in [5.41, 5.74) is 0.184. The van der Waals surface area contributed by atoms with Crippen LogP contribution in [-0.4, -0.2) is 75.9 Å². The van der Waals surface area contributed by atoms with Gasteiger partial charge in [0.1, 0.15) is 30.2 Å². The Bertz CT molecular complexity index is 1300. The summed E-state index contributed by atoms with van der Waals surface area (Å²) in [7, 11) is 0.207. The van der Waals surface area contributed by atoms with E-state index in [4.69, 9.17) is 25.8 Å². The van der Waals surface area contributed by atoms with E-state index >= 15 is 0 Å². The van der Waals surface area contributed by atoms with Crippen LogP contribution in [-0.2, 0) is 20.3 Å². The first-order valence-electron chi connectivity index (χ1n) is 10.9. The number of hydrogen-bond acceptors (Lipinski definition) is 11. The van der Waals surface area contributed by atoms with Gasteiger partial charge in [-0.1, -0.05) is 11.6 Å². The summed E-state index contributed by atoms with van der Waals surface area (Å²) in [6.45, 7) is 1.49. The van der Waals surface area contributed by atoms with Gasteiger partial charge in [0.05, 0.1) is 30.4 Å². The number of alkyl halides is 1. The highest BCUT2D eigenvalue weighted by Crippen LogP contribution is 2.42. The van der Waals surface area contributed by atoms with Crippen molar-refractivity contribution in [3.63, 3.8) is 0 Å². The Labute approximate surface area is 212 Å². The molecule has 0 N–H and O–H groups in total. The monoisotopic (exact) mass is 541 g/mol. The quantitative estimate of drug-likeness (QED) is 0.373. The predicted octanol–water partition coefficient (Wildman–Crippen LogP) is 2.42. The van der Waals surface area contributed by atoms with Crippen LogP contribution in [0.2, 0.25) is 5.02 Å². The molecule has 3 heterocycles. The number of ether oxygens (including phenoxy) is 3. The first-order chi connectivity index (χ1) is 17.2. The van der Waals surface area contributed by atoms with Crippen molar-refractivity contribution in [3.8, 4) is 17.4 Å². The van der Waals surface area contributed by atoms with E-state index in [1.54, 1.807) is 0 Å². The van der Waals surface area contributed by atoms with Gasteiger partial charge in [-0.3, -0.25) is 4.57 Å². The lowest BCUT2D eigenvalue weighted by atomic mass is 9.82. The van der Waals surface area contributed by atoms with Crippen LogP contribution in [0.15, 0.2) is 18.7 Å². The Kier molecular flexibility index (Phi) is 7.66. The van der Waals surface area contributed by atoms with E-state index in [0.717, 1.165) is 0 Å². The summed E-state index contributed by atoms with van der Waals surface area (Å²) in [4.78, 5) is 16.4. The molecule has 1 aliphatic carbocycles. The van der Waals surface area contributed by atoms with E-state index < -0.39 is 39.0 Å². The number of nitrogens with zero attached hydrogens (tertiary/aromatic N) is 7. The van der Waals surface area contributed by atoms with E-state index in [1.165, 1.54) is 51.5 Å². The van der Waals surface area contributed by atoms with Gasteiger partial charge in [-0.15, -0.1) is 10.2 Å². The van der Waals surface area contributed by atoms with Crippen molar-refractivity contribution in [2.75, 3.05) is 21.3 Å². The minimum atomic E-state index is -3.94. The van der Waals surface area contributed by atoms with Gasteiger partial charge in [-0.25, -0.2) is 22.8 Å². The Balaban J connectivity index is 1.78. The highest BCUT2D eigenvalue weighted by molar-refractivity contribution is 7.91. The first-order valence-corrected chi connectivity index (χ1v) is 13.0. The zero-order valence-corrected chi connectivity index (χ0v) is 21.6. The van der Waals surface area contributed by atoms with Crippen molar-refractivity contribution in [2.45, 2.75) is 49.0 Å². The normalized spacial score (nSPS) is 19.4. The molecule has 0 saturated heterocycles. The summed E-state index contributed by atoms with van der Waals surface area (Å²) >= 11 is 5.86. The van der Waals surface area contributed by atoms with Gasteiger partial charge in [0.25, 0.3) is 0 Å². The maximum absolute atomic E-state index is 14.4. The van der Waals surface area contributed by atoms with Crippen LogP contribution < -0.4 is 9.47 Å². The van der Waals surface area contributed by atoms with Crippen LogP contribution in [0.1, 0.15) is 49.3 Å². The van der Waals surface area contributed by atoms with Crippen LogP contribution in [0.4, 0.5) is 4.39 Å². The third kappa shape index (κ3) is 4.84. The minimum absolute atomic E-state index is 0.0224. The highest BCUT2D eigenvalue weighted by atomic mass is 35.5. The fraction of sp³-hybridized carbons (Fsp3) is 0.524. The Hall–Kier alpha value is -2.97. The average molecular weight is 542 g/mol. The van der Waals surface area contributed by atoms with Gasteiger partial charge in [0, 0.05) is 19.5 Å². The van der Waals surface area contributed by atoms with Crippen LogP contribution in [0.3, 0.4) is 0 Å². The van der Waals surface area contributed by atoms with Crippen molar-refractivity contribution in [1.29, 1.82) is 0 Å². The van der Waals surface area contributed by atoms with Gasteiger partial charge in [-0.05, 0) is 19.8 Å². The van der Waals surface area contributed by atoms with E-state index in [2.05, 4.69) is 30.1 Å². The van der Waals surface area contributed by atoms with E-state index in [9.17, 15) is 12.8 Å². The molecule has 194 valence electrons. The molecular weight excluding hydrogens is 517 g/mol. The lowest BCUT2D eigenvalue weighted by Gasteiger charge is -2.30. The molecule has 4 rings (SSSR count). The molecule has 3 aromatic rings. The Morgan fingerprint density at radius 1 is 1.08 bits per heavy atom. The second-order valence-corrected chi connectivity index (χ2v) is 11.0. The molecular formula is C21H25ClFN7O5S. The molecule has 36 heavy (non-hydrogen) atoms. The molecule has 1 aliphatic rings. The number of rotatable bonds is 10. The first kappa shape index (κ1) is 26.1. The molecule has 0 unspecified atom stereocenters. The molecule has 12 nitrogen and oxygen atoms in total. The van der Waals surface area contributed by atoms with Gasteiger partial charge < -0.3 is 14.2 Å². The van der Waals surface area contributed by atoms with Crippen LogP contribution in [0, 0.1) is 0 Å². The Morgan fingerprint density at radius 3 is 2.22 bits per heavy atom. The largest absolute Gasteiger partial charge is 0.479 e. The molecule has 0 aliphatic heterocycles. The molecule has 0 bridgehead atoms. The van der Waals surface area contributed by atoms with Gasteiger partial charge in [-0.2, -0.15) is 9.97 Å². The van der Waals surface area contributed by atoms with Crippen LogP contribution in [0.5, 0.6) is 11.8 Å². The van der Waals surface area contributed by atoms with E-state index in [0.29, 0.717) is 17.9 Å². The maximum Gasteiger partial charge on any atom is 0.245 e. The van der Waals surface area contributed by atoms with Crippen LogP contribution in [0.25, 0.3) is 5.69 Å². The summed E-state index contributed by atoms with van der Waals surface area (Å²) in [5.74, 6) is -0.525. The van der Waals surface area contributed by atoms with Crippen molar-refractivity contribution < 1.29 is 27.0 Å². The predicted molar refractivity (Wildman–Crippen MR) is 126 cm³/mol. The van der Waals surface area contributed by atoms with Gasteiger partial charge in [0.15, 0.2) is 27.2 Å². The van der Waals surface area contributed by atoms with Crippen LogP contribution >= 0.6 is 11.6 Å². The van der Waals surface area contributed by atoms with E-state index in [-0.39, 0.29) is 34.9 Å². The fourth-order valence-corrected chi connectivity index (χ4v) is 5.49. The standard InChI is InChI=1S/C21H25ClFN7O5S/c1-11(17(33-2)18-24-7-12(22)8-25-18)36(31,32)9-15-28-29-19(13-5-6-14(13)23)30(15)16-20(34-3)26-10-27-21(16)35-4/h7-8,10-11,13-14,17H,5-6,9H2,1-4H3/t11-,13+,14-,17-/m0/s1. The molecule has 0 radical (unpaired) electrons. The smallest absolute Gasteiger partial charge is 0.245 e. The summed E-state index contributed by atoms with van der Waals surface area (Å²) in [6, 6.07) is 0. The molecule has 1 fully saturated rings. The van der Waals surface area contributed by atoms with Crippen molar-refractivity contribution >= 4 is 21.4 Å². The zero-order chi connectivity index (χ0) is 26.0. The number of hydrogen-bond donors (Lipinski definition) is 0. The summed E-state index contributed by atoms with van der Waals surface area (Å²) < 4.78 is 59.2. The lowest BCUT2D eigenvalue weighted by molar-refractivity contribution is 0.0948. The summed E-state index contributed by atoms with van der Waals surface area (Å²) in [5, 5.41) is 7.52. The van der Waals surface area contributed by atoms with Gasteiger partial charge in [0.2, 0.25) is 11.8 Å². The van der Waals surface area contributed by atoms with Crippen molar-refractivity contribution in [2.24, 2.45) is 0 Å². The number of halogens is 2. The molecule has 4 atom stereocenters. The fourth-order valence-electron chi connectivity index (χ4n) is 3.97. The number of aromatic nitrogens is 7. The highest BCUT2D eigenvalue weighted by Gasteiger charge is 2.40. The molecule has 0 amide bonds. The molecule has 1 saturated carbocycles. The topological polar surface area (TPSA) is 144 Å². The minimum Gasteiger partial charge on any atom is -0.479 e. The van der Waals surface area contributed by atoms with Crippen molar-refractivity contribution in [1.82, 2.24) is 34.7 Å². The molecule has 0 spiro atoms.